The zero-order valence-corrected chi connectivity index (χ0v) is 14.3. The molecule has 20 heavy (non-hydrogen) atoms. The van der Waals surface area contributed by atoms with Gasteiger partial charge in [-0.15, -0.1) is 0 Å². The first-order chi connectivity index (χ1) is 9.43. The van der Waals surface area contributed by atoms with Crippen LogP contribution in [0.25, 0.3) is 0 Å². The number of carbonyl (C=O) groups is 1. The number of halogens is 1. The van der Waals surface area contributed by atoms with Gasteiger partial charge in [0.2, 0.25) is 5.91 Å². The van der Waals surface area contributed by atoms with Gasteiger partial charge in [-0.3, -0.25) is 10.1 Å². The van der Waals surface area contributed by atoms with E-state index in [1.807, 2.05) is 19.1 Å². The lowest BCUT2D eigenvalue weighted by Crippen LogP contribution is -2.44. The molecule has 0 aliphatic carbocycles. The summed E-state index contributed by atoms with van der Waals surface area (Å²) in [5.74, 6) is 0.533. The van der Waals surface area contributed by atoms with Crippen molar-refractivity contribution in [2.45, 2.75) is 46.2 Å². The molecule has 1 amide bonds. The summed E-state index contributed by atoms with van der Waals surface area (Å²) in [6.45, 7) is 8.94. The predicted molar refractivity (Wildman–Crippen MR) is 87.6 cm³/mol. The number of rotatable bonds is 7. The van der Waals surface area contributed by atoms with Gasteiger partial charge in [0.1, 0.15) is 0 Å². The van der Waals surface area contributed by atoms with Crippen molar-refractivity contribution in [3.05, 3.63) is 34.3 Å². The lowest BCUT2D eigenvalue weighted by molar-refractivity contribution is -0.123. The highest BCUT2D eigenvalue weighted by atomic mass is 79.9. The minimum Gasteiger partial charge on any atom is -0.354 e. The van der Waals surface area contributed by atoms with E-state index < -0.39 is 0 Å². The molecule has 2 unspecified atom stereocenters. The third-order valence-electron chi connectivity index (χ3n) is 3.19. The molecule has 2 N–H and O–H groups in total. The number of carbonyl (C=O) groups excluding carboxylic acids is 1. The van der Waals surface area contributed by atoms with Gasteiger partial charge in [0, 0.05) is 17.1 Å². The third-order valence-corrected chi connectivity index (χ3v) is 3.68. The number of amides is 1. The van der Waals surface area contributed by atoms with Crippen molar-refractivity contribution in [3.63, 3.8) is 0 Å². The van der Waals surface area contributed by atoms with E-state index in [1.165, 1.54) is 5.56 Å². The highest BCUT2D eigenvalue weighted by molar-refractivity contribution is 9.10. The zero-order chi connectivity index (χ0) is 15.1. The predicted octanol–water partition coefficient (Wildman–Crippen LogP) is 3.65. The van der Waals surface area contributed by atoms with Crippen LogP contribution in [0.3, 0.4) is 0 Å². The average molecular weight is 341 g/mol. The summed E-state index contributed by atoms with van der Waals surface area (Å²) < 4.78 is 1.06. The third kappa shape index (κ3) is 5.63. The van der Waals surface area contributed by atoms with Gasteiger partial charge in [0.05, 0.1) is 6.04 Å². The molecule has 0 bridgehead atoms. The molecule has 0 spiro atoms. The molecule has 0 heterocycles. The van der Waals surface area contributed by atoms with E-state index in [-0.39, 0.29) is 18.0 Å². The van der Waals surface area contributed by atoms with Crippen LogP contribution in [0.4, 0.5) is 0 Å². The number of nitrogens with one attached hydrogen (secondary N) is 2. The monoisotopic (exact) mass is 340 g/mol. The van der Waals surface area contributed by atoms with Crippen LogP contribution in [-0.4, -0.2) is 18.5 Å². The van der Waals surface area contributed by atoms with Crippen LogP contribution in [0, 0.1) is 5.92 Å². The highest BCUT2D eigenvalue weighted by Gasteiger charge is 2.18. The Labute approximate surface area is 130 Å². The van der Waals surface area contributed by atoms with Crippen LogP contribution in [0.1, 0.15) is 45.7 Å². The van der Waals surface area contributed by atoms with Gasteiger partial charge in [-0.2, -0.15) is 0 Å². The molecular formula is C16H25BrN2O. The Bertz CT molecular complexity index is 434. The second kappa shape index (κ2) is 8.42. The fourth-order valence-corrected chi connectivity index (χ4v) is 2.43. The van der Waals surface area contributed by atoms with Crippen molar-refractivity contribution in [2.24, 2.45) is 5.92 Å². The maximum absolute atomic E-state index is 12.0. The Balaban J connectivity index is 2.61. The molecular weight excluding hydrogens is 316 g/mol. The van der Waals surface area contributed by atoms with E-state index >= 15 is 0 Å². The minimum absolute atomic E-state index is 0.0622. The second-order valence-electron chi connectivity index (χ2n) is 5.54. The van der Waals surface area contributed by atoms with E-state index in [0.717, 1.165) is 17.4 Å². The van der Waals surface area contributed by atoms with Crippen molar-refractivity contribution in [2.75, 3.05) is 6.54 Å². The van der Waals surface area contributed by atoms with Crippen molar-refractivity contribution in [1.29, 1.82) is 0 Å². The highest BCUT2D eigenvalue weighted by Crippen LogP contribution is 2.21. The number of benzene rings is 1. The SMILES string of the molecule is CCC(NC(C)C(=O)NCC(C)C)c1cccc(Br)c1. The normalized spacial score (nSPS) is 14.1. The molecule has 3 nitrogen and oxygen atoms in total. The van der Waals surface area contributed by atoms with Crippen molar-refractivity contribution < 1.29 is 4.79 Å². The first kappa shape index (κ1) is 17.2. The van der Waals surface area contributed by atoms with Crippen molar-refractivity contribution in [3.8, 4) is 0 Å². The van der Waals surface area contributed by atoms with Crippen LogP contribution >= 0.6 is 15.9 Å². The fourth-order valence-electron chi connectivity index (χ4n) is 2.01. The zero-order valence-electron chi connectivity index (χ0n) is 12.7. The molecule has 1 aromatic rings. The summed E-state index contributed by atoms with van der Waals surface area (Å²) in [5.41, 5.74) is 1.20. The minimum atomic E-state index is -0.197. The van der Waals surface area contributed by atoms with Gasteiger partial charge in [0.15, 0.2) is 0 Å². The van der Waals surface area contributed by atoms with E-state index in [2.05, 4.69) is 59.5 Å². The first-order valence-electron chi connectivity index (χ1n) is 7.23. The summed E-state index contributed by atoms with van der Waals surface area (Å²) in [5, 5.41) is 6.36. The molecule has 0 fully saturated rings. The van der Waals surface area contributed by atoms with Gasteiger partial charge in [-0.05, 0) is 37.0 Å². The van der Waals surface area contributed by atoms with E-state index in [1.54, 1.807) is 0 Å². The molecule has 0 aliphatic rings. The maximum atomic E-state index is 12.0. The summed E-state index contributed by atoms with van der Waals surface area (Å²) in [6, 6.07) is 8.21. The Morgan fingerprint density at radius 2 is 2.00 bits per heavy atom. The first-order valence-corrected chi connectivity index (χ1v) is 8.02. The second-order valence-corrected chi connectivity index (χ2v) is 6.46. The molecule has 0 aliphatic heterocycles. The van der Waals surface area contributed by atoms with Gasteiger partial charge in [0.25, 0.3) is 0 Å². The molecule has 1 aromatic carbocycles. The fraction of sp³-hybridized carbons (Fsp3) is 0.562. The summed E-state index contributed by atoms with van der Waals surface area (Å²) in [4.78, 5) is 12.0. The molecule has 1 rings (SSSR count). The van der Waals surface area contributed by atoms with Gasteiger partial charge >= 0.3 is 0 Å². The van der Waals surface area contributed by atoms with E-state index in [9.17, 15) is 4.79 Å². The molecule has 2 atom stereocenters. The van der Waals surface area contributed by atoms with Gasteiger partial charge < -0.3 is 5.32 Å². The summed E-state index contributed by atoms with van der Waals surface area (Å²) in [7, 11) is 0. The van der Waals surface area contributed by atoms with Crippen LogP contribution in [0.15, 0.2) is 28.7 Å². The van der Waals surface area contributed by atoms with Gasteiger partial charge in [-0.1, -0.05) is 48.8 Å². The Hall–Kier alpha value is -0.870. The van der Waals surface area contributed by atoms with Crippen LogP contribution in [0.5, 0.6) is 0 Å². The topological polar surface area (TPSA) is 41.1 Å². The Kier molecular flexibility index (Phi) is 7.24. The Morgan fingerprint density at radius 3 is 2.55 bits per heavy atom. The lowest BCUT2D eigenvalue weighted by Gasteiger charge is -2.23. The molecule has 0 saturated carbocycles. The molecule has 0 saturated heterocycles. The summed E-state index contributed by atoms with van der Waals surface area (Å²) >= 11 is 3.49. The molecule has 4 heteroatoms. The van der Waals surface area contributed by atoms with E-state index in [4.69, 9.17) is 0 Å². The number of hydrogen-bond donors (Lipinski definition) is 2. The number of hydrogen-bond acceptors (Lipinski definition) is 2. The van der Waals surface area contributed by atoms with E-state index in [0.29, 0.717) is 5.92 Å². The lowest BCUT2D eigenvalue weighted by atomic mass is 10.0. The Morgan fingerprint density at radius 1 is 1.30 bits per heavy atom. The standard InChI is InChI=1S/C16H25BrN2O/c1-5-15(13-7-6-8-14(17)9-13)19-12(4)16(20)18-10-11(2)3/h6-9,11-12,15,19H,5,10H2,1-4H3,(H,18,20). The van der Waals surface area contributed by atoms with Crippen LogP contribution in [-0.2, 0) is 4.79 Å². The van der Waals surface area contributed by atoms with Crippen LogP contribution < -0.4 is 10.6 Å². The molecule has 0 aromatic heterocycles. The quantitative estimate of drug-likeness (QED) is 0.795. The van der Waals surface area contributed by atoms with Crippen LogP contribution in [0.2, 0.25) is 0 Å². The van der Waals surface area contributed by atoms with Crippen molar-refractivity contribution >= 4 is 21.8 Å². The molecule has 0 radical (unpaired) electrons. The van der Waals surface area contributed by atoms with Gasteiger partial charge in [-0.25, -0.2) is 0 Å². The van der Waals surface area contributed by atoms with Crippen molar-refractivity contribution in [1.82, 2.24) is 10.6 Å². The summed E-state index contributed by atoms with van der Waals surface area (Å²) in [6.07, 6.45) is 0.943. The smallest absolute Gasteiger partial charge is 0.236 e. The maximum Gasteiger partial charge on any atom is 0.236 e. The average Bonchev–Trinajstić information content (AvgIpc) is 2.41. The largest absolute Gasteiger partial charge is 0.354 e. The molecule has 112 valence electrons.